The molecule has 164 valence electrons. The molecule has 0 fully saturated rings. The Balaban J connectivity index is 1.48. The van der Waals surface area contributed by atoms with Crippen LogP contribution in [0.25, 0.3) is 22.0 Å². The topological polar surface area (TPSA) is 79.0 Å². The monoisotopic (exact) mass is 444 g/mol. The van der Waals surface area contributed by atoms with Gasteiger partial charge < -0.3 is 15.0 Å². The number of H-pyrrole nitrogens is 1. The van der Waals surface area contributed by atoms with Crippen molar-refractivity contribution in [2.45, 2.75) is 6.18 Å². The first-order chi connectivity index (χ1) is 15.2. The molecule has 0 radical (unpaired) electrons. The van der Waals surface area contributed by atoms with Crippen LogP contribution in [-0.2, 0) is 6.18 Å². The minimum Gasteiger partial charge on any atom is -0.497 e. The van der Waals surface area contributed by atoms with E-state index in [4.69, 9.17) is 4.74 Å². The Morgan fingerprint density at radius 1 is 1.06 bits per heavy atom. The van der Waals surface area contributed by atoms with E-state index in [1.54, 1.807) is 13.2 Å². The van der Waals surface area contributed by atoms with Gasteiger partial charge in [0.1, 0.15) is 17.4 Å². The van der Waals surface area contributed by atoms with E-state index in [1.165, 1.54) is 12.3 Å². The van der Waals surface area contributed by atoms with Crippen LogP contribution < -0.4 is 15.4 Å². The van der Waals surface area contributed by atoms with Crippen molar-refractivity contribution in [3.8, 4) is 16.9 Å². The second-order valence-electron chi connectivity index (χ2n) is 6.82. The van der Waals surface area contributed by atoms with E-state index in [2.05, 4.69) is 20.6 Å². The molecule has 0 aliphatic heterocycles. The van der Waals surface area contributed by atoms with Crippen molar-refractivity contribution in [3.63, 3.8) is 0 Å². The number of aromatic amines is 1. The van der Waals surface area contributed by atoms with Gasteiger partial charge in [0.25, 0.3) is 0 Å². The van der Waals surface area contributed by atoms with E-state index in [0.717, 1.165) is 22.0 Å². The largest absolute Gasteiger partial charge is 0.497 e. The van der Waals surface area contributed by atoms with Gasteiger partial charge in [-0.05, 0) is 42.5 Å². The number of amides is 2. The van der Waals surface area contributed by atoms with Crippen molar-refractivity contribution >= 4 is 28.4 Å². The average Bonchev–Trinajstić information content (AvgIpc) is 3.18. The summed E-state index contributed by atoms with van der Waals surface area (Å²) in [7, 11) is 1.58. The van der Waals surface area contributed by atoms with Gasteiger partial charge in [0.2, 0.25) is 0 Å². The molecule has 4 rings (SSSR count). The molecule has 0 atom stereocenters. The molecule has 2 aromatic carbocycles. The molecule has 0 saturated carbocycles. The Hall–Kier alpha value is -4.08. The van der Waals surface area contributed by atoms with Crippen LogP contribution in [0.4, 0.5) is 33.9 Å². The predicted octanol–water partition coefficient (Wildman–Crippen LogP) is 6.04. The molecule has 4 aromatic rings. The maximum absolute atomic E-state index is 13.8. The first-order valence-electron chi connectivity index (χ1n) is 9.31. The number of ether oxygens (including phenoxy) is 1. The number of rotatable bonds is 4. The fourth-order valence-corrected chi connectivity index (χ4v) is 3.17. The van der Waals surface area contributed by atoms with Gasteiger partial charge in [-0.3, -0.25) is 5.32 Å². The first kappa shape index (κ1) is 21.2. The third-order valence-electron chi connectivity index (χ3n) is 4.75. The molecule has 0 saturated heterocycles. The van der Waals surface area contributed by atoms with Gasteiger partial charge in [-0.25, -0.2) is 14.2 Å². The summed E-state index contributed by atoms with van der Waals surface area (Å²) in [4.78, 5) is 19.4. The quantitative estimate of drug-likeness (QED) is 0.336. The fraction of sp³-hybridized carbons (Fsp3) is 0.0909. The molecular weight excluding hydrogens is 428 g/mol. The summed E-state index contributed by atoms with van der Waals surface area (Å²) in [6, 6.07) is 9.69. The minimum absolute atomic E-state index is 0.139. The third kappa shape index (κ3) is 4.34. The minimum atomic E-state index is -4.66. The van der Waals surface area contributed by atoms with Crippen LogP contribution in [0.5, 0.6) is 5.75 Å². The lowest BCUT2D eigenvalue weighted by Gasteiger charge is -2.11. The summed E-state index contributed by atoms with van der Waals surface area (Å²) in [6.45, 7) is 0. The number of nitrogens with one attached hydrogen (secondary N) is 3. The van der Waals surface area contributed by atoms with E-state index in [0.29, 0.717) is 23.9 Å². The van der Waals surface area contributed by atoms with E-state index in [-0.39, 0.29) is 5.82 Å². The van der Waals surface area contributed by atoms with Crippen LogP contribution in [0.1, 0.15) is 5.56 Å². The number of urea groups is 1. The summed E-state index contributed by atoms with van der Waals surface area (Å²) >= 11 is 0. The van der Waals surface area contributed by atoms with Crippen LogP contribution in [0.2, 0.25) is 0 Å². The maximum Gasteiger partial charge on any atom is 0.416 e. The lowest BCUT2D eigenvalue weighted by molar-refractivity contribution is -0.137. The molecule has 3 N–H and O–H groups in total. The molecule has 6 nitrogen and oxygen atoms in total. The van der Waals surface area contributed by atoms with Crippen LogP contribution in [0.3, 0.4) is 0 Å². The standard InChI is InChI=1S/C22H16F4N4O2/c1-32-14-4-5-15-16(11-27-18(15)9-14)12-2-7-20(28-10-12)30-21(31)29-19-8-13(22(24,25)26)3-6-17(19)23/h2-11,27H,1H3,(H2,28,29,30,31). The highest BCUT2D eigenvalue weighted by Crippen LogP contribution is 2.32. The molecule has 0 aliphatic carbocycles. The molecule has 0 spiro atoms. The number of methoxy groups -OCH3 is 1. The molecule has 2 heterocycles. The van der Waals surface area contributed by atoms with Crippen LogP contribution in [0.15, 0.2) is 60.9 Å². The number of pyridine rings is 1. The van der Waals surface area contributed by atoms with Crippen LogP contribution in [-0.4, -0.2) is 23.1 Å². The fourth-order valence-electron chi connectivity index (χ4n) is 3.17. The molecular formula is C22H16F4N4O2. The Bertz CT molecular complexity index is 1280. The van der Waals surface area contributed by atoms with Crippen molar-refractivity contribution < 1.29 is 27.1 Å². The van der Waals surface area contributed by atoms with Gasteiger partial charge >= 0.3 is 12.2 Å². The second-order valence-corrected chi connectivity index (χ2v) is 6.82. The Morgan fingerprint density at radius 3 is 2.56 bits per heavy atom. The number of aromatic nitrogens is 2. The van der Waals surface area contributed by atoms with Gasteiger partial charge in [0.05, 0.1) is 18.4 Å². The van der Waals surface area contributed by atoms with E-state index in [9.17, 15) is 22.4 Å². The van der Waals surface area contributed by atoms with E-state index in [1.807, 2.05) is 24.4 Å². The van der Waals surface area contributed by atoms with Crippen molar-refractivity contribution in [2.75, 3.05) is 17.7 Å². The van der Waals surface area contributed by atoms with Crippen molar-refractivity contribution in [1.29, 1.82) is 0 Å². The van der Waals surface area contributed by atoms with Crippen LogP contribution in [0, 0.1) is 5.82 Å². The molecule has 2 aromatic heterocycles. The van der Waals surface area contributed by atoms with Crippen molar-refractivity contribution in [2.24, 2.45) is 0 Å². The summed E-state index contributed by atoms with van der Waals surface area (Å²) in [6.07, 6.45) is -1.31. The highest BCUT2D eigenvalue weighted by Gasteiger charge is 2.31. The maximum atomic E-state index is 13.8. The highest BCUT2D eigenvalue weighted by atomic mass is 19.4. The van der Waals surface area contributed by atoms with Crippen molar-refractivity contribution in [3.05, 3.63) is 72.3 Å². The smallest absolute Gasteiger partial charge is 0.416 e. The molecule has 2 amide bonds. The zero-order valence-corrected chi connectivity index (χ0v) is 16.5. The second kappa shape index (κ2) is 8.22. The number of nitrogens with zero attached hydrogens (tertiary/aromatic N) is 1. The number of carbonyl (C=O) groups excluding carboxylic acids is 1. The molecule has 0 unspecified atom stereocenters. The number of fused-ring (bicyclic) bond motifs is 1. The highest BCUT2D eigenvalue weighted by molar-refractivity contribution is 6.00. The Morgan fingerprint density at radius 2 is 1.88 bits per heavy atom. The number of hydrogen-bond donors (Lipinski definition) is 3. The van der Waals surface area contributed by atoms with E-state index >= 15 is 0 Å². The summed E-state index contributed by atoms with van der Waals surface area (Å²) in [5.74, 6) is -0.139. The lowest BCUT2D eigenvalue weighted by atomic mass is 10.1. The molecule has 0 aliphatic rings. The molecule has 0 bridgehead atoms. The third-order valence-corrected chi connectivity index (χ3v) is 4.75. The zero-order chi connectivity index (χ0) is 22.9. The van der Waals surface area contributed by atoms with Gasteiger partial charge in [0, 0.05) is 40.5 Å². The molecule has 32 heavy (non-hydrogen) atoms. The Labute approximate surface area is 179 Å². The number of halogens is 4. The number of hydrogen-bond acceptors (Lipinski definition) is 3. The van der Waals surface area contributed by atoms with Gasteiger partial charge in [-0.1, -0.05) is 0 Å². The average molecular weight is 444 g/mol. The van der Waals surface area contributed by atoms with Gasteiger partial charge in [-0.2, -0.15) is 13.2 Å². The SMILES string of the molecule is COc1ccc2c(-c3ccc(NC(=O)Nc4cc(C(F)(F)F)ccc4F)nc3)c[nH]c2c1. The van der Waals surface area contributed by atoms with Gasteiger partial charge in [0.15, 0.2) is 0 Å². The normalized spacial score (nSPS) is 11.4. The van der Waals surface area contributed by atoms with Gasteiger partial charge in [-0.15, -0.1) is 0 Å². The number of anilines is 2. The lowest BCUT2D eigenvalue weighted by Crippen LogP contribution is -2.21. The van der Waals surface area contributed by atoms with Crippen molar-refractivity contribution in [1.82, 2.24) is 9.97 Å². The summed E-state index contributed by atoms with van der Waals surface area (Å²) in [5, 5.41) is 5.38. The number of benzene rings is 2. The zero-order valence-electron chi connectivity index (χ0n) is 16.5. The summed E-state index contributed by atoms with van der Waals surface area (Å²) in [5.41, 5.74) is 0.869. The molecule has 10 heteroatoms. The number of carbonyl (C=O) groups is 1. The van der Waals surface area contributed by atoms with E-state index < -0.39 is 29.3 Å². The summed E-state index contributed by atoms with van der Waals surface area (Å²) < 4.78 is 57.4. The Kier molecular flexibility index (Phi) is 5.43. The first-order valence-corrected chi connectivity index (χ1v) is 9.31. The number of alkyl halides is 3. The van der Waals surface area contributed by atoms with Crippen LogP contribution >= 0.6 is 0 Å². The predicted molar refractivity (Wildman–Crippen MR) is 112 cm³/mol.